The van der Waals surface area contributed by atoms with Crippen LogP contribution in [0.25, 0.3) is 0 Å². The number of amides is 2. The van der Waals surface area contributed by atoms with Gasteiger partial charge in [0.15, 0.2) is 5.25 Å². The number of nitrogens with zero attached hydrogens (tertiary/aromatic N) is 1. The minimum atomic E-state index is -4.52. The molecule has 6 nitrogen and oxygen atoms in total. The van der Waals surface area contributed by atoms with E-state index in [1.54, 1.807) is 0 Å². The van der Waals surface area contributed by atoms with Gasteiger partial charge in [0.05, 0.1) is 12.0 Å². The molecule has 208 valence electrons. The van der Waals surface area contributed by atoms with Gasteiger partial charge < -0.3 is 0 Å². The molecular weight excluding hydrogens is 542 g/mol. The molecule has 0 radical (unpaired) electrons. The van der Waals surface area contributed by atoms with Gasteiger partial charge in [0.25, 0.3) is 16.0 Å². The summed E-state index contributed by atoms with van der Waals surface area (Å²) in [5.74, 6) is 0.582. The molecule has 0 aromatic heterocycles. The zero-order valence-electron chi connectivity index (χ0n) is 22.2. The van der Waals surface area contributed by atoms with Crippen molar-refractivity contribution in [1.29, 1.82) is 0 Å². The maximum atomic E-state index is 14.3. The van der Waals surface area contributed by atoms with Gasteiger partial charge in [0, 0.05) is 14.7 Å². The monoisotopic (exact) mass is 575 g/mol. The van der Waals surface area contributed by atoms with E-state index in [9.17, 15) is 18.0 Å². The van der Waals surface area contributed by atoms with Gasteiger partial charge >= 0.3 is 0 Å². The van der Waals surface area contributed by atoms with Gasteiger partial charge in [-0.05, 0) is 103 Å². The number of carbonyl (C=O) groups excluding carboxylic acids is 2. The fourth-order valence-corrected chi connectivity index (χ4v) is 13.8. The average molecular weight is 576 g/mol. The number of benzene rings is 3. The largest absolute Gasteiger partial charge is 0.290 e. The normalized spacial score (nSPS) is 30.1. The van der Waals surface area contributed by atoms with Crippen LogP contribution in [-0.4, -0.2) is 35.9 Å². The lowest BCUT2D eigenvalue weighted by Gasteiger charge is -2.59. The predicted octanol–water partition coefficient (Wildman–Crippen LogP) is 6.33. The van der Waals surface area contributed by atoms with Gasteiger partial charge in [-0.25, -0.2) is 3.63 Å². The van der Waals surface area contributed by atoms with Gasteiger partial charge in [-0.3, -0.25) is 14.5 Å². The molecule has 0 spiro atoms. The number of hydrogen-bond donors (Lipinski definition) is 0. The zero-order valence-corrected chi connectivity index (χ0v) is 23.9. The van der Waals surface area contributed by atoms with E-state index in [4.69, 9.17) is 3.63 Å². The number of rotatable bonds is 7. The number of imide groups is 1. The van der Waals surface area contributed by atoms with Crippen molar-refractivity contribution in [3.05, 3.63) is 91.0 Å². The lowest BCUT2D eigenvalue weighted by molar-refractivity contribution is -0.157. The minimum absolute atomic E-state index is 0.364. The predicted molar refractivity (Wildman–Crippen MR) is 153 cm³/mol. The molecule has 40 heavy (non-hydrogen) atoms. The van der Waals surface area contributed by atoms with Crippen LogP contribution in [0.1, 0.15) is 44.9 Å². The van der Waals surface area contributed by atoms with Crippen LogP contribution >= 0.6 is 10.3 Å². The summed E-state index contributed by atoms with van der Waals surface area (Å²) in [7, 11) is -7.32. The van der Waals surface area contributed by atoms with E-state index in [1.807, 2.05) is 91.0 Å². The molecule has 4 saturated carbocycles. The summed E-state index contributed by atoms with van der Waals surface area (Å²) in [5.41, 5.74) is -0.532. The van der Waals surface area contributed by atoms with Gasteiger partial charge in [0.1, 0.15) is 0 Å². The molecule has 3 aromatic carbocycles. The first kappa shape index (κ1) is 26.0. The smallest absolute Gasteiger partial charge is 0.275 e. The van der Waals surface area contributed by atoms with E-state index in [1.165, 1.54) is 4.90 Å². The van der Waals surface area contributed by atoms with Crippen molar-refractivity contribution in [2.24, 2.45) is 17.8 Å². The molecule has 1 aliphatic heterocycles. The quantitative estimate of drug-likeness (QED) is 0.308. The second kappa shape index (κ2) is 9.57. The second-order valence-corrected chi connectivity index (χ2v) is 16.6. The van der Waals surface area contributed by atoms with Crippen LogP contribution in [0.2, 0.25) is 0 Å². The molecule has 5 aliphatic rings. The molecule has 1 saturated heterocycles. The highest BCUT2D eigenvalue weighted by molar-refractivity contribution is 8.33. The Balaban J connectivity index is 1.30. The minimum Gasteiger partial charge on any atom is -0.275 e. The van der Waals surface area contributed by atoms with Crippen LogP contribution < -0.4 is 0 Å². The van der Waals surface area contributed by atoms with Crippen LogP contribution in [0.15, 0.2) is 106 Å². The topological polar surface area (TPSA) is 80.7 Å². The summed E-state index contributed by atoms with van der Waals surface area (Å²) in [4.78, 5) is 31.0. The zero-order chi connectivity index (χ0) is 27.5. The van der Waals surface area contributed by atoms with Gasteiger partial charge in [-0.15, -0.1) is 0 Å². The fraction of sp³-hybridized carbons (Fsp3) is 0.375. The molecule has 1 atom stereocenters. The molecule has 2 amide bonds. The molecule has 1 unspecified atom stereocenters. The number of carbonyl (C=O) groups is 2. The van der Waals surface area contributed by atoms with Crippen molar-refractivity contribution in [3.8, 4) is 0 Å². The summed E-state index contributed by atoms with van der Waals surface area (Å²) >= 11 is 0. The van der Waals surface area contributed by atoms with Crippen molar-refractivity contribution in [3.63, 3.8) is 0 Å². The Morgan fingerprint density at radius 3 is 1.45 bits per heavy atom. The Hall–Kier alpha value is -2.94. The van der Waals surface area contributed by atoms with E-state index in [0.29, 0.717) is 32.4 Å². The highest BCUT2D eigenvalue weighted by atomic mass is 32.3. The average Bonchev–Trinajstić information content (AvgIpc) is 3.27. The van der Waals surface area contributed by atoms with Gasteiger partial charge in [0.2, 0.25) is 5.91 Å². The second-order valence-electron chi connectivity index (χ2n) is 12.0. The summed E-state index contributed by atoms with van der Waals surface area (Å²) in [6, 6.07) is 28.0. The molecule has 1 heterocycles. The summed E-state index contributed by atoms with van der Waals surface area (Å²) in [5, 5.41) is -1.55. The van der Waals surface area contributed by atoms with Crippen molar-refractivity contribution in [1.82, 2.24) is 4.90 Å². The van der Waals surface area contributed by atoms with Crippen molar-refractivity contribution in [2.45, 2.75) is 70.4 Å². The van der Waals surface area contributed by atoms with E-state index >= 15 is 0 Å². The van der Waals surface area contributed by atoms with Crippen molar-refractivity contribution in [2.75, 3.05) is 0 Å². The fourth-order valence-electron chi connectivity index (χ4n) is 8.22. The lowest BCUT2D eigenvalue weighted by atomic mass is 9.52. The van der Waals surface area contributed by atoms with E-state index in [2.05, 4.69) is 0 Å². The third kappa shape index (κ3) is 4.06. The summed E-state index contributed by atoms with van der Waals surface area (Å²) in [6.07, 6.45) is 5.54. The molecular formula is C32H33NO5S2. The Morgan fingerprint density at radius 1 is 0.650 bits per heavy atom. The molecule has 4 bridgehead atoms. The highest BCUT2D eigenvalue weighted by Crippen LogP contribution is 2.70. The first-order chi connectivity index (χ1) is 19.3. The molecule has 8 rings (SSSR count). The Morgan fingerprint density at radius 2 is 1.05 bits per heavy atom. The Kier molecular flexibility index (Phi) is 6.22. The third-order valence-corrected chi connectivity index (χ3v) is 14.8. The maximum Gasteiger partial charge on any atom is 0.290 e. The highest BCUT2D eigenvalue weighted by Gasteiger charge is 2.61. The van der Waals surface area contributed by atoms with Crippen LogP contribution in [0.3, 0.4) is 0 Å². The van der Waals surface area contributed by atoms with Gasteiger partial charge in [-0.2, -0.15) is 8.42 Å². The summed E-state index contributed by atoms with van der Waals surface area (Å²) in [6.45, 7) is 0. The third-order valence-electron chi connectivity index (χ3n) is 9.36. The lowest BCUT2D eigenvalue weighted by Crippen LogP contribution is -2.62. The van der Waals surface area contributed by atoms with E-state index in [-0.39, 0.29) is 12.3 Å². The van der Waals surface area contributed by atoms with Crippen LogP contribution in [-0.2, 0) is 23.3 Å². The Labute approximate surface area is 237 Å². The molecule has 8 heteroatoms. The van der Waals surface area contributed by atoms with E-state index < -0.39 is 37.1 Å². The first-order valence-corrected chi connectivity index (χ1v) is 17.1. The Bertz CT molecular complexity index is 1410. The van der Waals surface area contributed by atoms with Crippen molar-refractivity contribution < 1.29 is 21.6 Å². The van der Waals surface area contributed by atoms with Crippen LogP contribution in [0, 0.1) is 17.8 Å². The summed E-state index contributed by atoms with van der Waals surface area (Å²) < 4.78 is 35.0. The van der Waals surface area contributed by atoms with Crippen LogP contribution in [0.4, 0.5) is 0 Å². The molecule has 5 fully saturated rings. The maximum absolute atomic E-state index is 14.3. The van der Waals surface area contributed by atoms with E-state index in [0.717, 1.165) is 38.5 Å². The first-order valence-electron chi connectivity index (χ1n) is 14.1. The molecule has 0 N–H and O–H groups in total. The molecule has 3 aromatic rings. The molecule has 4 aliphatic carbocycles. The van der Waals surface area contributed by atoms with Gasteiger partial charge in [-0.1, -0.05) is 54.6 Å². The number of likely N-dealkylation sites (tertiary alicyclic amines) is 1. The van der Waals surface area contributed by atoms with Crippen molar-refractivity contribution >= 4 is 32.2 Å². The standard InChI is InChI=1S/C32H33NO5S2/c34-30-19-29(31(35)33(30)32-20-23-16-24(21-32)18-25(17-23)22-32)40(36,37)38-39(26-10-4-1-5-11-26,27-12-6-2-7-13-27)28-14-8-3-9-15-28/h1-15,23-25,29H,16-22H2. The number of hydrogen-bond acceptors (Lipinski definition) is 5. The SMILES string of the molecule is O=C1CC(S(=O)(=O)OS(c2ccccc2)(c2ccccc2)c2ccccc2)C(=O)N1C12CC3CC(CC(C3)C1)C2. The van der Waals surface area contributed by atoms with Crippen LogP contribution in [0.5, 0.6) is 0 Å².